The zero-order valence-electron chi connectivity index (χ0n) is 24.6. The number of halogens is 5. The topological polar surface area (TPSA) is 9.23 Å². The van der Waals surface area contributed by atoms with Crippen molar-refractivity contribution >= 4 is 43.3 Å². The first-order chi connectivity index (χ1) is 19.5. The Kier molecular flexibility index (Phi) is 9.83. The molecule has 0 aromatic heterocycles. The molecule has 42 heavy (non-hydrogen) atoms. The van der Waals surface area contributed by atoms with E-state index in [9.17, 15) is 13.2 Å². The second-order valence-electron chi connectivity index (χ2n) is 12.0. The van der Waals surface area contributed by atoms with Crippen LogP contribution in [0.3, 0.4) is 0 Å². The third-order valence-corrected chi connectivity index (χ3v) is 14.2. The van der Waals surface area contributed by atoms with Crippen LogP contribution in [0.5, 0.6) is 5.75 Å². The summed E-state index contributed by atoms with van der Waals surface area (Å²) < 4.78 is 45.6. The third-order valence-electron chi connectivity index (χ3n) is 7.88. The Morgan fingerprint density at radius 2 is 1.36 bits per heavy atom. The van der Waals surface area contributed by atoms with Gasteiger partial charge in [-0.2, -0.15) is 13.2 Å². The molecule has 0 saturated carbocycles. The number of rotatable bonds is 8. The minimum Gasteiger partial charge on any atom is -0.543 e. The van der Waals surface area contributed by atoms with Crippen LogP contribution in [0.25, 0.3) is 11.1 Å². The zero-order chi connectivity index (χ0) is 30.9. The summed E-state index contributed by atoms with van der Waals surface area (Å²) in [5, 5.41) is 1.31. The number of thioether (sulfide) groups is 1. The van der Waals surface area contributed by atoms with E-state index in [-0.39, 0.29) is 10.3 Å². The summed E-state index contributed by atoms with van der Waals surface area (Å²) >= 11 is 14.9. The third kappa shape index (κ3) is 7.76. The first-order valence-electron chi connectivity index (χ1n) is 13.7. The normalized spacial score (nSPS) is 13.2. The lowest BCUT2D eigenvalue weighted by atomic mass is 9.99. The summed E-state index contributed by atoms with van der Waals surface area (Å²) in [6, 6.07) is 25.0. The molecule has 0 spiro atoms. The molecule has 0 saturated heterocycles. The SMILES string of the molecule is Cc1cc(SC(Cc2c(Cl)cccc2Cl)c2ccc(-c3ccc(C(F)(F)F)cc3)cc2)ccc1O[Si](C)(C)C(C)(C)C. The highest BCUT2D eigenvalue weighted by molar-refractivity contribution is 7.99. The zero-order valence-corrected chi connectivity index (χ0v) is 27.9. The molecule has 0 N–H and O–H groups in total. The van der Waals surface area contributed by atoms with E-state index in [4.69, 9.17) is 27.6 Å². The highest BCUT2D eigenvalue weighted by Crippen LogP contribution is 2.43. The van der Waals surface area contributed by atoms with Gasteiger partial charge in [0.25, 0.3) is 0 Å². The number of aryl methyl sites for hydroxylation is 1. The Morgan fingerprint density at radius 1 is 0.810 bits per heavy atom. The second-order valence-corrected chi connectivity index (χ2v) is 18.8. The lowest BCUT2D eigenvalue weighted by Crippen LogP contribution is -2.44. The molecule has 1 atom stereocenters. The van der Waals surface area contributed by atoms with Crippen LogP contribution in [0.4, 0.5) is 13.2 Å². The van der Waals surface area contributed by atoms with Crippen molar-refractivity contribution in [3.05, 3.63) is 117 Å². The molecule has 4 rings (SSSR count). The average Bonchev–Trinajstić information content (AvgIpc) is 2.91. The lowest BCUT2D eigenvalue weighted by Gasteiger charge is -2.37. The summed E-state index contributed by atoms with van der Waals surface area (Å²) in [6.45, 7) is 13.2. The van der Waals surface area contributed by atoms with Gasteiger partial charge in [0.2, 0.25) is 8.32 Å². The van der Waals surface area contributed by atoms with Crippen LogP contribution in [0, 0.1) is 6.92 Å². The monoisotopic (exact) mass is 646 g/mol. The van der Waals surface area contributed by atoms with Gasteiger partial charge >= 0.3 is 6.18 Å². The maximum Gasteiger partial charge on any atom is 0.416 e. The average molecular weight is 648 g/mol. The van der Waals surface area contributed by atoms with Crippen molar-refractivity contribution in [3.63, 3.8) is 0 Å². The molecule has 0 heterocycles. The number of benzene rings is 4. The van der Waals surface area contributed by atoms with Crippen LogP contribution < -0.4 is 4.43 Å². The van der Waals surface area contributed by atoms with E-state index in [1.807, 2.05) is 42.5 Å². The first kappa shape index (κ1) is 32.5. The second kappa shape index (κ2) is 12.7. The van der Waals surface area contributed by atoms with Crippen molar-refractivity contribution in [2.24, 2.45) is 0 Å². The van der Waals surface area contributed by atoms with E-state index < -0.39 is 20.1 Å². The van der Waals surface area contributed by atoms with Gasteiger partial charge in [0.15, 0.2) is 0 Å². The van der Waals surface area contributed by atoms with E-state index in [1.165, 1.54) is 12.1 Å². The molecule has 1 unspecified atom stereocenters. The van der Waals surface area contributed by atoms with E-state index in [1.54, 1.807) is 11.8 Å². The standard InChI is InChI=1S/C34H35Cl2F3OSSi/c1-22-20-27(18-19-31(22)40-42(5,6)33(2,3)4)41-32(21-28-29(35)8-7-9-30(28)36)25-12-10-23(11-13-25)24-14-16-26(17-15-24)34(37,38)39/h7-20,32H,21H2,1-6H3. The Morgan fingerprint density at radius 3 is 1.86 bits per heavy atom. The molecular weight excluding hydrogens is 612 g/mol. The summed E-state index contributed by atoms with van der Waals surface area (Å²) in [7, 11) is -1.98. The van der Waals surface area contributed by atoms with Gasteiger partial charge in [-0.1, -0.05) is 86.4 Å². The van der Waals surface area contributed by atoms with Gasteiger partial charge in [-0.15, -0.1) is 11.8 Å². The minimum atomic E-state index is -4.36. The summed E-state index contributed by atoms with van der Waals surface area (Å²) in [5.41, 5.74) is 3.92. The predicted octanol–water partition coefficient (Wildman–Crippen LogP) is 12.4. The number of alkyl halides is 3. The molecule has 0 radical (unpaired) electrons. The quantitative estimate of drug-likeness (QED) is 0.139. The first-order valence-corrected chi connectivity index (χ1v) is 18.3. The Balaban J connectivity index is 1.63. The minimum absolute atomic E-state index is 0.0179. The highest BCUT2D eigenvalue weighted by Gasteiger charge is 2.39. The van der Waals surface area contributed by atoms with Gasteiger partial charge in [-0.25, -0.2) is 0 Å². The molecule has 4 aromatic rings. The van der Waals surface area contributed by atoms with Crippen LogP contribution >= 0.6 is 35.0 Å². The summed E-state index contributed by atoms with van der Waals surface area (Å²) in [4.78, 5) is 1.09. The number of hydrogen-bond donors (Lipinski definition) is 0. The Labute approximate surface area is 262 Å². The van der Waals surface area contributed by atoms with E-state index in [0.29, 0.717) is 16.5 Å². The van der Waals surface area contributed by atoms with Crippen LogP contribution in [-0.2, 0) is 12.6 Å². The largest absolute Gasteiger partial charge is 0.543 e. The van der Waals surface area contributed by atoms with Crippen LogP contribution in [0.15, 0.2) is 89.8 Å². The van der Waals surface area contributed by atoms with Gasteiger partial charge in [-0.05, 0) is 102 Å². The van der Waals surface area contributed by atoms with Crippen molar-refractivity contribution in [2.75, 3.05) is 0 Å². The van der Waals surface area contributed by atoms with Crippen molar-refractivity contribution in [3.8, 4) is 16.9 Å². The Hall–Kier alpha value is -2.38. The predicted molar refractivity (Wildman–Crippen MR) is 175 cm³/mol. The van der Waals surface area contributed by atoms with Crippen molar-refractivity contribution in [1.29, 1.82) is 0 Å². The highest BCUT2D eigenvalue weighted by atomic mass is 35.5. The molecule has 0 aliphatic heterocycles. The fourth-order valence-electron chi connectivity index (χ4n) is 4.28. The molecule has 222 valence electrons. The van der Waals surface area contributed by atoms with Gasteiger partial charge in [0, 0.05) is 20.2 Å². The molecule has 0 aliphatic carbocycles. The van der Waals surface area contributed by atoms with Crippen LogP contribution in [-0.4, -0.2) is 8.32 Å². The van der Waals surface area contributed by atoms with Gasteiger partial charge in [0.05, 0.1) is 5.56 Å². The van der Waals surface area contributed by atoms with Crippen molar-refractivity contribution in [2.45, 2.75) is 68.6 Å². The maximum atomic E-state index is 13.0. The van der Waals surface area contributed by atoms with Crippen molar-refractivity contribution in [1.82, 2.24) is 0 Å². The Bertz CT molecular complexity index is 1510. The molecule has 8 heteroatoms. The molecule has 1 nitrogen and oxygen atoms in total. The molecule has 0 amide bonds. The summed E-state index contributed by atoms with van der Waals surface area (Å²) in [6.07, 6.45) is -3.76. The maximum absolute atomic E-state index is 13.0. The molecule has 0 bridgehead atoms. The summed E-state index contributed by atoms with van der Waals surface area (Å²) in [5.74, 6) is 0.914. The van der Waals surface area contributed by atoms with Crippen LogP contribution in [0.1, 0.15) is 48.3 Å². The van der Waals surface area contributed by atoms with Gasteiger partial charge < -0.3 is 4.43 Å². The lowest BCUT2D eigenvalue weighted by molar-refractivity contribution is -0.137. The fraction of sp³-hybridized carbons (Fsp3) is 0.294. The smallest absolute Gasteiger partial charge is 0.416 e. The number of hydrogen-bond acceptors (Lipinski definition) is 2. The van der Waals surface area contributed by atoms with E-state index in [0.717, 1.165) is 50.6 Å². The molecule has 0 fully saturated rings. The van der Waals surface area contributed by atoms with E-state index >= 15 is 0 Å². The molecule has 0 aliphatic rings. The van der Waals surface area contributed by atoms with Crippen LogP contribution in [0.2, 0.25) is 28.2 Å². The molecule has 4 aromatic carbocycles. The van der Waals surface area contributed by atoms with Gasteiger partial charge in [-0.3, -0.25) is 0 Å². The fourth-order valence-corrected chi connectivity index (χ4v) is 7.18. The van der Waals surface area contributed by atoms with E-state index in [2.05, 4.69) is 59.0 Å². The van der Waals surface area contributed by atoms with Gasteiger partial charge in [0.1, 0.15) is 5.75 Å². The van der Waals surface area contributed by atoms with Crippen molar-refractivity contribution < 1.29 is 17.6 Å². The molecular formula is C34H35Cl2F3OSSi.